The summed E-state index contributed by atoms with van der Waals surface area (Å²) in [5.74, 6) is -0.173. The largest absolute Gasteiger partial charge is 0.494 e. The Kier molecular flexibility index (Phi) is 8.62. The molecule has 34 heavy (non-hydrogen) atoms. The number of carbonyl (C=O) groups is 3. The molecule has 0 heterocycles. The van der Waals surface area contributed by atoms with Gasteiger partial charge in [0, 0.05) is 25.0 Å². The van der Waals surface area contributed by atoms with Crippen LogP contribution in [0.25, 0.3) is 0 Å². The summed E-state index contributed by atoms with van der Waals surface area (Å²) < 4.78 is 10.6. The number of benzene rings is 3. The average Bonchev–Trinajstić information content (AvgIpc) is 2.84. The molecule has 0 radical (unpaired) electrons. The van der Waals surface area contributed by atoms with Crippen LogP contribution in [-0.2, 0) is 16.1 Å². The van der Waals surface area contributed by atoms with Crippen LogP contribution in [-0.4, -0.2) is 43.1 Å². The van der Waals surface area contributed by atoms with Gasteiger partial charge in [-0.3, -0.25) is 4.79 Å². The van der Waals surface area contributed by atoms with Crippen LogP contribution >= 0.6 is 0 Å². The van der Waals surface area contributed by atoms with E-state index >= 15 is 0 Å². The van der Waals surface area contributed by atoms with E-state index in [1.807, 2.05) is 49.4 Å². The minimum Gasteiger partial charge on any atom is -0.494 e. The van der Waals surface area contributed by atoms with E-state index in [-0.39, 0.29) is 18.1 Å². The summed E-state index contributed by atoms with van der Waals surface area (Å²) in [6, 6.07) is 22.3. The van der Waals surface area contributed by atoms with Crippen LogP contribution in [0.3, 0.4) is 0 Å². The molecule has 8 nitrogen and oxygen atoms in total. The highest BCUT2D eigenvalue weighted by Gasteiger charge is 2.14. The predicted molar refractivity (Wildman–Crippen MR) is 130 cm³/mol. The number of para-hydroxylation sites is 1. The fraction of sp³-hybridized carbons (Fsp3) is 0.192. The lowest BCUT2D eigenvalue weighted by Gasteiger charge is -2.17. The highest BCUT2D eigenvalue weighted by molar-refractivity contribution is 6.00. The van der Waals surface area contributed by atoms with Gasteiger partial charge in [-0.05, 0) is 61.0 Å². The SMILES string of the molecule is CCOc1ccc(CN(C)C(=O)COC(=O)c2ccc(NC(=O)Nc3ccccc3)cc2)cc1. The maximum absolute atomic E-state index is 12.3. The van der Waals surface area contributed by atoms with Crippen molar-refractivity contribution >= 4 is 29.3 Å². The second-order valence-corrected chi connectivity index (χ2v) is 7.43. The molecule has 0 atom stereocenters. The van der Waals surface area contributed by atoms with Gasteiger partial charge in [0.2, 0.25) is 0 Å². The van der Waals surface area contributed by atoms with Gasteiger partial charge in [0.15, 0.2) is 6.61 Å². The van der Waals surface area contributed by atoms with Crippen molar-refractivity contribution in [3.05, 3.63) is 90.0 Å². The molecule has 3 aromatic carbocycles. The first-order valence-corrected chi connectivity index (χ1v) is 10.8. The molecule has 0 aliphatic rings. The van der Waals surface area contributed by atoms with Crippen LogP contribution in [0.1, 0.15) is 22.8 Å². The molecular weight excluding hydrogens is 434 g/mol. The molecule has 0 saturated carbocycles. The topological polar surface area (TPSA) is 97.0 Å². The Balaban J connectivity index is 1.44. The molecule has 0 aromatic heterocycles. The Hall–Kier alpha value is -4.33. The normalized spacial score (nSPS) is 10.2. The van der Waals surface area contributed by atoms with Crippen molar-refractivity contribution in [1.82, 2.24) is 4.90 Å². The van der Waals surface area contributed by atoms with E-state index in [2.05, 4.69) is 10.6 Å². The van der Waals surface area contributed by atoms with Gasteiger partial charge in [-0.2, -0.15) is 0 Å². The molecule has 0 aliphatic heterocycles. The quantitative estimate of drug-likeness (QED) is 0.456. The van der Waals surface area contributed by atoms with E-state index in [1.165, 1.54) is 17.0 Å². The van der Waals surface area contributed by atoms with Crippen LogP contribution in [0, 0.1) is 0 Å². The molecule has 0 unspecified atom stereocenters. The first-order chi connectivity index (χ1) is 16.4. The van der Waals surface area contributed by atoms with Gasteiger partial charge in [-0.15, -0.1) is 0 Å². The Morgan fingerprint density at radius 3 is 2.06 bits per heavy atom. The molecule has 0 aliphatic carbocycles. The van der Waals surface area contributed by atoms with Crippen molar-refractivity contribution < 1.29 is 23.9 Å². The zero-order chi connectivity index (χ0) is 24.3. The average molecular weight is 462 g/mol. The van der Waals surface area contributed by atoms with E-state index in [0.29, 0.717) is 24.5 Å². The number of nitrogens with one attached hydrogen (secondary N) is 2. The summed E-state index contributed by atoms with van der Waals surface area (Å²) in [6.45, 7) is 2.52. The van der Waals surface area contributed by atoms with Crippen molar-refractivity contribution in [2.45, 2.75) is 13.5 Å². The van der Waals surface area contributed by atoms with Crippen LogP contribution in [0.15, 0.2) is 78.9 Å². The smallest absolute Gasteiger partial charge is 0.338 e. The molecule has 176 valence electrons. The third kappa shape index (κ3) is 7.37. The summed E-state index contributed by atoms with van der Waals surface area (Å²) in [6.07, 6.45) is 0. The Labute approximate surface area is 198 Å². The summed E-state index contributed by atoms with van der Waals surface area (Å²) in [5.41, 5.74) is 2.38. The summed E-state index contributed by atoms with van der Waals surface area (Å²) in [7, 11) is 1.65. The lowest BCUT2D eigenvalue weighted by Crippen LogP contribution is -2.30. The molecule has 3 rings (SSSR count). The minimum atomic E-state index is -0.622. The molecular formula is C26H27N3O5. The number of ether oxygens (including phenoxy) is 2. The van der Waals surface area contributed by atoms with Gasteiger partial charge in [0.05, 0.1) is 12.2 Å². The maximum Gasteiger partial charge on any atom is 0.338 e. The van der Waals surface area contributed by atoms with Gasteiger partial charge in [0.1, 0.15) is 5.75 Å². The van der Waals surface area contributed by atoms with Gasteiger partial charge < -0.3 is 25.0 Å². The number of urea groups is 1. The molecule has 3 aromatic rings. The Bertz CT molecular complexity index is 1100. The van der Waals surface area contributed by atoms with E-state index in [9.17, 15) is 14.4 Å². The van der Waals surface area contributed by atoms with Crippen LogP contribution in [0.2, 0.25) is 0 Å². The van der Waals surface area contributed by atoms with Crippen LogP contribution in [0.5, 0.6) is 5.75 Å². The standard InChI is InChI=1S/C26H27N3O5/c1-3-33-23-15-9-19(10-16-23)17-29(2)24(30)18-34-25(31)20-11-13-22(14-12-20)28-26(32)27-21-7-5-4-6-8-21/h4-16H,3,17-18H2,1-2H3,(H2,27,28,32). The molecule has 3 amide bonds. The number of hydrogen-bond donors (Lipinski definition) is 2. The fourth-order valence-electron chi connectivity index (χ4n) is 3.05. The number of rotatable bonds is 9. The second kappa shape index (κ2) is 12.1. The number of esters is 1. The minimum absolute atomic E-state index is 0.274. The second-order valence-electron chi connectivity index (χ2n) is 7.43. The molecule has 8 heteroatoms. The molecule has 0 spiro atoms. The zero-order valence-corrected chi connectivity index (χ0v) is 19.1. The van der Waals surface area contributed by atoms with E-state index in [0.717, 1.165) is 11.3 Å². The van der Waals surface area contributed by atoms with Crippen LogP contribution < -0.4 is 15.4 Å². The van der Waals surface area contributed by atoms with Crippen molar-refractivity contribution in [3.63, 3.8) is 0 Å². The highest BCUT2D eigenvalue weighted by Crippen LogP contribution is 2.14. The molecule has 0 fully saturated rings. The molecule has 0 saturated heterocycles. The number of nitrogens with zero attached hydrogens (tertiary/aromatic N) is 1. The fourth-order valence-corrected chi connectivity index (χ4v) is 3.05. The van der Waals surface area contributed by atoms with Crippen molar-refractivity contribution in [2.75, 3.05) is 30.9 Å². The molecule has 2 N–H and O–H groups in total. The van der Waals surface area contributed by atoms with E-state index in [1.54, 1.807) is 31.3 Å². The van der Waals surface area contributed by atoms with E-state index in [4.69, 9.17) is 9.47 Å². The Morgan fingerprint density at radius 2 is 1.44 bits per heavy atom. The Morgan fingerprint density at radius 1 is 0.824 bits per heavy atom. The van der Waals surface area contributed by atoms with Crippen molar-refractivity contribution in [3.8, 4) is 5.75 Å². The summed E-state index contributed by atoms with van der Waals surface area (Å²) >= 11 is 0. The van der Waals surface area contributed by atoms with Gasteiger partial charge in [-0.1, -0.05) is 30.3 Å². The number of likely N-dealkylation sites (N-methyl/N-ethyl adjacent to an activating group) is 1. The van der Waals surface area contributed by atoms with Crippen molar-refractivity contribution in [2.24, 2.45) is 0 Å². The third-order valence-electron chi connectivity index (χ3n) is 4.82. The number of carbonyl (C=O) groups excluding carboxylic acids is 3. The number of amides is 3. The van der Waals surface area contributed by atoms with Gasteiger partial charge >= 0.3 is 12.0 Å². The van der Waals surface area contributed by atoms with Gasteiger partial charge in [0.25, 0.3) is 5.91 Å². The number of anilines is 2. The highest BCUT2D eigenvalue weighted by atomic mass is 16.5. The van der Waals surface area contributed by atoms with Crippen LogP contribution in [0.4, 0.5) is 16.2 Å². The first-order valence-electron chi connectivity index (χ1n) is 10.8. The van der Waals surface area contributed by atoms with Gasteiger partial charge in [-0.25, -0.2) is 9.59 Å². The molecule has 0 bridgehead atoms. The van der Waals surface area contributed by atoms with Crippen molar-refractivity contribution in [1.29, 1.82) is 0 Å². The third-order valence-corrected chi connectivity index (χ3v) is 4.82. The summed E-state index contributed by atoms with van der Waals surface area (Å²) in [5, 5.41) is 5.39. The monoisotopic (exact) mass is 461 g/mol. The predicted octanol–water partition coefficient (Wildman–Crippen LogP) is 4.54. The maximum atomic E-state index is 12.3. The van der Waals surface area contributed by atoms with E-state index < -0.39 is 12.0 Å². The summed E-state index contributed by atoms with van der Waals surface area (Å²) in [4.78, 5) is 38.2. The first kappa shape index (κ1) is 24.3. The number of hydrogen-bond acceptors (Lipinski definition) is 5. The lowest BCUT2D eigenvalue weighted by molar-refractivity contribution is -0.133. The zero-order valence-electron chi connectivity index (χ0n) is 19.1. The lowest BCUT2D eigenvalue weighted by atomic mass is 10.2.